The molecule has 3 fully saturated rings. The van der Waals surface area contributed by atoms with Crippen LogP contribution in [-0.2, 0) is 19.6 Å². The van der Waals surface area contributed by atoms with E-state index in [-0.39, 0.29) is 18.4 Å². The fourth-order valence-electron chi connectivity index (χ4n) is 5.47. The number of alkyl halides is 3. The van der Waals surface area contributed by atoms with E-state index in [1.165, 1.54) is 10.6 Å². The zero-order valence-corrected chi connectivity index (χ0v) is 20.8. The van der Waals surface area contributed by atoms with Gasteiger partial charge in [0.25, 0.3) is 5.91 Å². The Balaban J connectivity index is 0.000000454. The normalized spacial score (nSPS) is 24.2. The summed E-state index contributed by atoms with van der Waals surface area (Å²) in [6.07, 6.45) is 1.28. The highest BCUT2D eigenvalue weighted by atomic mass is 32.2. The first-order valence-corrected chi connectivity index (χ1v) is 13.3. The molecule has 1 unspecified atom stereocenters. The second kappa shape index (κ2) is 9.96. The Kier molecular flexibility index (Phi) is 7.70. The Morgan fingerprint density at radius 1 is 1.14 bits per heavy atom. The Hall–Kier alpha value is -2.74. The fourth-order valence-corrected chi connectivity index (χ4v) is 6.41. The number of hydrogen-bond acceptors (Lipinski definition) is 6. The molecular formula is C22H29F3N4O6S. The van der Waals surface area contributed by atoms with Crippen molar-refractivity contribution in [1.29, 1.82) is 0 Å². The Morgan fingerprint density at radius 2 is 1.75 bits per heavy atom. The van der Waals surface area contributed by atoms with Crippen molar-refractivity contribution >= 4 is 27.8 Å². The Labute approximate surface area is 207 Å². The lowest BCUT2D eigenvalue weighted by Gasteiger charge is -2.46. The van der Waals surface area contributed by atoms with Crippen molar-refractivity contribution in [2.24, 2.45) is 10.8 Å². The van der Waals surface area contributed by atoms with Gasteiger partial charge >= 0.3 is 12.1 Å². The number of carbonyl (C=O) groups is 3. The van der Waals surface area contributed by atoms with Crippen LogP contribution in [0.4, 0.5) is 13.2 Å². The number of halogens is 3. The highest BCUT2D eigenvalue weighted by molar-refractivity contribution is 7.88. The highest BCUT2D eigenvalue weighted by Crippen LogP contribution is 2.58. The van der Waals surface area contributed by atoms with E-state index in [2.05, 4.69) is 4.98 Å². The maximum Gasteiger partial charge on any atom is 0.490 e. The number of aromatic nitrogens is 1. The maximum atomic E-state index is 13.4. The van der Waals surface area contributed by atoms with E-state index in [1.807, 2.05) is 11.8 Å². The van der Waals surface area contributed by atoms with Crippen LogP contribution in [0.2, 0.25) is 0 Å². The summed E-state index contributed by atoms with van der Waals surface area (Å²) in [6, 6.07) is 3.49. The number of sulfonamides is 1. The molecule has 0 aliphatic carbocycles. The summed E-state index contributed by atoms with van der Waals surface area (Å²) in [7, 11) is -3.39. The predicted octanol–water partition coefficient (Wildman–Crippen LogP) is 1.45. The minimum absolute atomic E-state index is 0.0621. The van der Waals surface area contributed by atoms with Crippen LogP contribution in [0.25, 0.3) is 0 Å². The smallest absolute Gasteiger partial charge is 0.475 e. The molecule has 0 radical (unpaired) electrons. The molecule has 3 aliphatic heterocycles. The molecule has 2 spiro atoms. The van der Waals surface area contributed by atoms with Crippen LogP contribution in [0.1, 0.15) is 36.5 Å². The SMILES string of the molecule is CCN1CCC2(CN(S(C)(=O)=O)CC23CCN(C(=O)c2cccnc2)CC3)C1=O.O=C(O)C(F)(F)F. The van der Waals surface area contributed by atoms with Gasteiger partial charge in [-0.15, -0.1) is 0 Å². The van der Waals surface area contributed by atoms with Crippen molar-refractivity contribution in [2.45, 2.75) is 32.4 Å². The van der Waals surface area contributed by atoms with Crippen molar-refractivity contribution in [3.05, 3.63) is 30.1 Å². The molecule has 1 aromatic heterocycles. The summed E-state index contributed by atoms with van der Waals surface area (Å²) in [4.78, 5) is 42.7. The van der Waals surface area contributed by atoms with Crippen LogP contribution in [0.5, 0.6) is 0 Å². The lowest BCUT2D eigenvalue weighted by molar-refractivity contribution is -0.192. The van der Waals surface area contributed by atoms with E-state index in [4.69, 9.17) is 9.90 Å². The number of fused-ring (bicyclic) bond motifs is 1. The summed E-state index contributed by atoms with van der Waals surface area (Å²) in [5.74, 6) is -2.74. The number of likely N-dealkylation sites (tertiary alicyclic amines) is 2. The van der Waals surface area contributed by atoms with Gasteiger partial charge in [0, 0.05) is 57.1 Å². The van der Waals surface area contributed by atoms with E-state index < -0.39 is 33.0 Å². The minimum atomic E-state index is -5.08. The van der Waals surface area contributed by atoms with Crippen LogP contribution in [0.3, 0.4) is 0 Å². The van der Waals surface area contributed by atoms with E-state index in [0.717, 1.165) is 0 Å². The first-order valence-electron chi connectivity index (χ1n) is 11.4. The third kappa shape index (κ3) is 5.19. The maximum absolute atomic E-state index is 13.4. The summed E-state index contributed by atoms with van der Waals surface area (Å²) < 4.78 is 57.9. The van der Waals surface area contributed by atoms with Gasteiger partial charge in [0.15, 0.2) is 0 Å². The molecule has 1 atom stereocenters. The number of nitrogens with zero attached hydrogens (tertiary/aromatic N) is 4. The molecule has 4 heterocycles. The molecule has 200 valence electrons. The molecule has 3 saturated heterocycles. The Bertz CT molecular complexity index is 1110. The van der Waals surface area contributed by atoms with Crippen LogP contribution >= 0.6 is 0 Å². The zero-order chi connectivity index (χ0) is 26.9. The number of rotatable bonds is 3. The average Bonchev–Trinajstić information content (AvgIpc) is 3.32. The number of hydrogen-bond donors (Lipinski definition) is 1. The van der Waals surface area contributed by atoms with E-state index in [9.17, 15) is 31.2 Å². The Morgan fingerprint density at radius 3 is 2.19 bits per heavy atom. The summed E-state index contributed by atoms with van der Waals surface area (Å²) in [6.45, 7) is 4.94. The predicted molar refractivity (Wildman–Crippen MR) is 121 cm³/mol. The van der Waals surface area contributed by atoms with Gasteiger partial charge in [0.2, 0.25) is 15.9 Å². The molecule has 0 saturated carbocycles. The summed E-state index contributed by atoms with van der Waals surface area (Å²) >= 11 is 0. The highest BCUT2D eigenvalue weighted by Gasteiger charge is 2.66. The second-order valence-corrected chi connectivity index (χ2v) is 11.3. The number of carboxylic acid groups (broad SMARTS) is 1. The van der Waals surface area contributed by atoms with E-state index in [0.29, 0.717) is 57.5 Å². The third-order valence-electron chi connectivity index (χ3n) is 7.46. The summed E-state index contributed by atoms with van der Waals surface area (Å²) in [5, 5.41) is 7.12. The molecule has 3 aliphatic rings. The van der Waals surface area contributed by atoms with Gasteiger partial charge in [-0.25, -0.2) is 17.5 Å². The number of carboxylic acids is 1. The van der Waals surface area contributed by atoms with Crippen LogP contribution in [0.15, 0.2) is 24.5 Å². The van der Waals surface area contributed by atoms with Crippen molar-refractivity contribution in [1.82, 2.24) is 19.1 Å². The average molecular weight is 535 g/mol. The standard InChI is InChI=1S/C20H28N4O4S.C2HF3O2/c1-3-22-12-8-20(18(22)26)15-24(29(2,27)28)14-19(20)6-10-23(11-7-19)17(25)16-5-4-9-21-13-16;3-2(4,5)1(6)7/h4-5,9,13H,3,6-8,10-12,14-15H2,1-2H3;(H,6,7). The fraction of sp³-hybridized carbons (Fsp3) is 0.636. The van der Waals surface area contributed by atoms with Gasteiger partial charge in [-0.2, -0.15) is 13.2 Å². The molecule has 36 heavy (non-hydrogen) atoms. The molecule has 1 aromatic rings. The summed E-state index contributed by atoms with van der Waals surface area (Å²) in [5.41, 5.74) is -0.533. The third-order valence-corrected chi connectivity index (χ3v) is 8.65. The van der Waals surface area contributed by atoms with Gasteiger partial charge in [0.05, 0.1) is 17.2 Å². The van der Waals surface area contributed by atoms with Gasteiger partial charge in [-0.3, -0.25) is 14.6 Å². The van der Waals surface area contributed by atoms with Crippen molar-refractivity contribution < 1.29 is 41.1 Å². The zero-order valence-electron chi connectivity index (χ0n) is 20.0. The molecular weight excluding hydrogens is 505 g/mol. The first-order chi connectivity index (χ1) is 16.7. The number of piperidine rings is 1. The number of amides is 2. The van der Waals surface area contributed by atoms with Gasteiger partial charge in [-0.1, -0.05) is 0 Å². The first kappa shape index (κ1) is 27.8. The lowest BCUT2D eigenvalue weighted by atomic mass is 9.60. The topological polar surface area (TPSA) is 128 Å². The van der Waals surface area contributed by atoms with E-state index >= 15 is 0 Å². The minimum Gasteiger partial charge on any atom is -0.475 e. The number of aliphatic carboxylic acids is 1. The van der Waals surface area contributed by atoms with Crippen LogP contribution in [-0.4, -0.2) is 102 Å². The van der Waals surface area contributed by atoms with Crippen LogP contribution in [0, 0.1) is 10.8 Å². The van der Waals surface area contributed by atoms with Gasteiger partial charge in [0.1, 0.15) is 0 Å². The number of pyridine rings is 1. The largest absolute Gasteiger partial charge is 0.490 e. The second-order valence-electron chi connectivity index (χ2n) is 9.37. The number of carbonyl (C=O) groups excluding carboxylic acids is 2. The molecule has 0 bridgehead atoms. The van der Waals surface area contributed by atoms with Crippen molar-refractivity contribution in [3.63, 3.8) is 0 Å². The lowest BCUT2D eigenvalue weighted by Crippen LogP contribution is -2.53. The quantitative estimate of drug-likeness (QED) is 0.622. The molecule has 14 heteroatoms. The van der Waals surface area contributed by atoms with Gasteiger partial charge in [-0.05, 0) is 38.3 Å². The molecule has 10 nitrogen and oxygen atoms in total. The van der Waals surface area contributed by atoms with Crippen molar-refractivity contribution in [3.8, 4) is 0 Å². The molecule has 1 N–H and O–H groups in total. The molecule has 0 aromatic carbocycles. The van der Waals surface area contributed by atoms with Crippen molar-refractivity contribution in [2.75, 3.05) is 45.5 Å². The molecule has 4 rings (SSSR count). The van der Waals surface area contributed by atoms with Gasteiger partial charge < -0.3 is 14.9 Å². The molecule has 2 amide bonds. The van der Waals surface area contributed by atoms with Crippen LogP contribution < -0.4 is 0 Å². The monoisotopic (exact) mass is 534 g/mol. The van der Waals surface area contributed by atoms with E-state index in [1.54, 1.807) is 29.4 Å².